The molecule has 196 valence electrons. The zero-order valence-corrected chi connectivity index (χ0v) is 21.8. The Morgan fingerprint density at radius 3 is 2.18 bits per heavy atom. The normalized spacial score (nSPS) is 11.4. The van der Waals surface area contributed by atoms with Crippen molar-refractivity contribution in [2.45, 2.75) is 13.2 Å². The molecule has 0 N–H and O–H groups in total. The van der Waals surface area contributed by atoms with E-state index < -0.39 is 5.97 Å². The first-order chi connectivity index (χ1) is 19.1. The highest BCUT2D eigenvalue weighted by Gasteiger charge is 2.25. The largest absolute Gasteiger partial charge is 0.497 e. The second-order valence-corrected chi connectivity index (χ2v) is 8.66. The van der Waals surface area contributed by atoms with Crippen molar-refractivity contribution in [2.75, 3.05) is 14.2 Å². The second-order valence-electron chi connectivity index (χ2n) is 8.28. The predicted molar refractivity (Wildman–Crippen MR) is 144 cm³/mol. The van der Waals surface area contributed by atoms with E-state index in [0.29, 0.717) is 17.1 Å². The SMILES string of the molecule is COc1ccc(COc2ccc(C(=O)On3nnc4c3C=C[C+]=C4)c(Cl)c2OCc2ccc(OC)cc2)cc1. The molecular formula is C29H23ClN3O6+. The van der Waals surface area contributed by atoms with Crippen LogP contribution in [0.2, 0.25) is 5.02 Å². The lowest BCUT2D eigenvalue weighted by Gasteiger charge is -2.16. The number of benzene rings is 3. The summed E-state index contributed by atoms with van der Waals surface area (Å²) in [5.74, 6) is 1.29. The molecule has 3 aromatic carbocycles. The maximum Gasteiger partial charge on any atom is 0.367 e. The summed E-state index contributed by atoms with van der Waals surface area (Å²) in [6.07, 6.45) is 7.89. The predicted octanol–water partition coefficient (Wildman–Crippen LogP) is 5.22. The van der Waals surface area contributed by atoms with Crippen LogP contribution in [0.15, 0.2) is 66.7 Å². The van der Waals surface area contributed by atoms with Crippen LogP contribution >= 0.6 is 11.6 Å². The van der Waals surface area contributed by atoms with Crippen LogP contribution in [-0.2, 0) is 13.2 Å². The van der Waals surface area contributed by atoms with Gasteiger partial charge in [-0.05, 0) is 57.6 Å². The van der Waals surface area contributed by atoms with Crippen molar-refractivity contribution in [3.05, 3.63) is 106 Å². The number of carbonyl (C=O) groups is 1. The van der Waals surface area contributed by atoms with E-state index in [9.17, 15) is 4.79 Å². The second kappa shape index (κ2) is 11.7. The van der Waals surface area contributed by atoms with Gasteiger partial charge in [0, 0.05) is 6.08 Å². The molecule has 0 aliphatic heterocycles. The molecule has 0 radical (unpaired) electrons. The van der Waals surface area contributed by atoms with Crippen molar-refractivity contribution in [2.24, 2.45) is 0 Å². The molecule has 0 bridgehead atoms. The van der Waals surface area contributed by atoms with Gasteiger partial charge in [-0.2, -0.15) is 0 Å². The van der Waals surface area contributed by atoms with Crippen LogP contribution < -0.4 is 23.8 Å². The molecule has 0 saturated carbocycles. The van der Waals surface area contributed by atoms with Gasteiger partial charge in [-0.3, -0.25) is 0 Å². The minimum absolute atomic E-state index is 0.0403. The number of aromatic nitrogens is 3. The number of allylic oxidation sites excluding steroid dienone is 2. The fourth-order valence-electron chi connectivity index (χ4n) is 3.69. The molecule has 0 fully saturated rings. The minimum atomic E-state index is -0.740. The van der Waals surface area contributed by atoms with Crippen LogP contribution in [0.4, 0.5) is 0 Å². The third-order valence-electron chi connectivity index (χ3n) is 5.81. The lowest BCUT2D eigenvalue weighted by atomic mass is 10.2. The quantitative estimate of drug-likeness (QED) is 0.198. The van der Waals surface area contributed by atoms with Gasteiger partial charge < -0.3 is 23.8 Å². The van der Waals surface area contributed by atoms with Crippen LogP contribution in [-0.4, -0.2) is 35.3 Å². The van der Waals surface area contributed by atoms with Crippen molar-refractivity contribution < 1.29 is 28.6 Å². The van der Waals surface area contributed by atoms with E-state index >= 15 is 0 Å². The molecule has 0 saturated heterocycles. The van der Waals surface area contributed by atoms with E-state index in [1.807, 2.05) is 48.5 Å². The van der Waals surface area contributed by atoms with Gasteiger partial charge in [0.05, 0.1) is 25.9 Å². The molecule has 1 aliphatic carbocycles. The Labute approximate surface area is 229 Å². The summed E-state index contributed by atoms with van der Waals surface area (Å²) < 4.78 is 22.6. The number of carbonyl (C=O) groups excluding carboxylic acids is 1. The van der Waals surface area contributed by atoms with Crippen LogP contribution in [0.1, 0.15) is 32.9 Å². The van der Waals surface area contributed by atoms with Crippen LogP contribution in [0, 0.1) is 6.08 Å². The van der Waals surface area contributed by atoms with Crippen molar-refractivity contribution in [1.82, 2.24) is 15.2 Å². The number of hydrogen-bond donors (Lipinski definition) is 0. The molecule has 10 heteroatoms. The fourth-order valence-corrected chi connectivity index (χ4v) is 3.98. The van der Waals surface area contributed by atoms with Crippen molar-refractivity contribution in [1.29, 1.82) is 0 Å². The molecule has 39 heavy (non-hydrogen) atoms. The highest BCUT2D eigenvalue weighted by atomic mass is 35.5. The van der Waals surface area contributed by atoms with E-state index in [2.05, 4.69) is 16.4 Å². The molecule has 0 unspecified atom stereocenters. The molecule has 1 heterocycles. The molecule has 9 nitrogen and oxygen atoms in total. The Balaban J connectivity index is 1.39. The smallest absolute Gasteiger partial charge is 0.367 e. The van der Waals surface area contributed by atoms with Gasteiger partial charge in [0.25, 0.3) is 0 Å². The number of ether oxygens (including phenoxy) is 4. The maximum atomic E-state index is 13.1. The lowest BCUT2D eigenvalue weighted by molar-refractivity contribution is 0.0379. The zero-order valence-electron chi connectivity index (χ0n) is 21.1. The Kier molecular flexibility index (Phi) is 7.73. The average molecular weight is 545 g/mol. The molecule has 1 aliphatic rings. The Bertz CT molecular complexity index is 1530. The number of nitrogens with zero attached hydrogens (tertiary/aromatic N) is 3. The van der Waals surface area contributed by atoms with E-state index in [0.717, 1.165) is 27.5 Å². The van der Waals surface area contributed by atoms with Gasteiger partial charge in [0.1, 0.15) is 41.9 Å². The minimum Gasteiger partial charge on any atom is -0.497 e. The van der Waals surface area contributed by atoms with Gasteiger partial charge in [0.15, 0.2) is 11.5 Å². The van der Waals surface area contributed by atoms with Crippen molar-refractivity contribution in [3.63, 3.8) is 0 Å². The van der Waals surface area contributed by atoms with Crippen LogP contribution in [0.25, 0.3) is 12.2 Å². The number of hydrogen-bond acceptors (Lipinski definition) is 8. The van der Waals surface area contributed by atoms with Crippen molar-refractivity contribution in [3.8, 4) is 23.0 Å². The lowest BCUT2D eigenvalue weighted by Crippen LogP contribution is -2.23. The number of rotatable bonds is 10. The molecule has 0 atom stereocenters. The highest BCUT2D eigenvalue weighted by molar-refractivity contribution is 6.35. The molecular weight excluding hydrogens is 522 g/mol. The third kappa shape index (κ3) is 5.85. The summed E-state index contributed by atoms with van der Waals surface area (Å²) in [4.78, 5) is 19.6. The number of fused-ring (bicyclic) bond motifs is 1. The molecule has 1 aromatic heterocycles. The summed E-state index contributed by atoms with van der Waals surface area (Å²) in [7, 11) is 3.21. The fraction of sp³-hybridized carbons (Fsp3) is 0.138. The Hall–Kier alpha value is -4.85. The molecule has 4 aromatic rings. The first-order valence-electron chi connectivity index (χ1n) is 11.8. The van der Waals surface area contributed by atoms with E-state index in [4.69, 9.17) is 35.4 Å². The first kappa shape index (κ1) is 25.8. The summed E-state index contributed by atoms with van der Waals surface area (Å²) in [6, 6.07) is 18.0. The van der Waals surface area contributed by atoms with Crippen LogP contribution in [0.5, 0.6) is 23.0 Å². The average Bonchev–Trinajstić information content (AvgIpc) is 3.38. The van der Waals surface area contributed by atoms with Crippen LogP contribution in [0.3, 0.4) is 0 Å². The third-order valence-corrected chi connectivity index (χ3v) is 6.18. The van der Waals surface area contributed by atoms with Gasteiger partial charge >= 0.3 is 5.97 Å². The van der Waals surface area contributed by atoms with Gasteiger partial charge in [0.2, 0.25) is 11.4 Å². The molecule has 0 spiro atoms. The van der Waals surface area contributed by atoms with E-state index in [-0.39, 0.29) is 29.5 Å². The Morgan fingerprint density at radius 1 is 0.897 bits per heavy atom. The maximum absolute atomic E-state index is 13.1. The van der Waals surface area contributed by atoms with E-state index in [1.54, 1.807) is 38.5 Å². The first-order valence-corrected chi connectivity index (χ1v) is 12.2. The summed E-state index contributed by atoms with van der Waals surface area (Å²) in [5.41, 5.74) is 2.89. The zero-order chi connectivity index (χ0) is 27.2. The topological polar surface area (TPSA) is 93.9 Å². The summed E-state index contributed by atoms with van der Waals surface area (Å²) in [5, 5.41) is 7.89. The standard InChI is InChI=1S/C29H23ClN3O6/c1-35-21-11-7-19(8-12-21)17-37-26-16-15-23(29(34)39-33-25-6-4-3-5-24(25)31-32-33)27(30)28(26)38-18-20-9-13-22(36-2)14-10-20/h4-16H,17-18H2,1-2H3/q+1. The van der Waals surface area contributed by atoms with E-state index in [1.165, 1.54) is 6.07 Å². The van der Waals surface area contributed by atoms with Gasteiger partial charge in [-0.1, -0.05) is 41.0 Å². The summed E-state index contributed by atoms with van der Waals surface area (Å²) >= 11 is 6.71. The highest BCUT2D eigenvalue weighted by Crippen LogP contribution is 2.39. The number of halogens is 1. The Morgan fingerprint density at radius 2 is 1.54 bits per heavy atom. The van der Waals surface area contributed by atoms with Crippen molar-refractivity contribution >= 4 is 29.7 Å². The monoisotopic (exact) mass is 544 g/mol. The molecule has 5 rings (SSSR count). The summed E-state index contributed by atoms with van der Waals surface area (Å²) in [6.45, 7) is 0.413. The number of methoxy groups -OCH3 is 2. The van der Waals surface area contributed by atoms with Gasteiger partial charge in [-0.15, -0.1) is 0 Å². The molecule has 0 amide bonds. The van der Waals surface area contributed by atoms with Gasteiger partial charge in [-0.25, -0.2) is 4.79 Å².